The maximum Gasteiger partial charge on any atom is 0.231 e. The number of thioether (sulfide) groups is 1. The van der Waals surface area contributed by atoms with Crippen molar-refractivity contribution in [2.75, 3.05) is 12.3 Å². The second-order valence-corrected chi connectivity index (χ2v) is 4.30. The number of hydrogen-bond donors (Lipinski definition) is 2. The lowest BCUT2D eigenvalue weighted by atomic mass is 10.2. The normalized spacial score (nSPS) is 30.6. The molecule has 0 aromatic carbocycles. The molecule has 1 rings (SSSR count). The number of hydrogen-bond acceptors (Lipinski definition) is 3. The predicted molar refractivity (Wildman–Crippen MR) is 47.5 cm³/mol. The Kier molecular flexibility index (Phi) is 3.20. The van der Waals surface area contributed by atoms with Crippen LogP contribution >= 0.6 is 11.8 Å². The first kappa shape index (κ1) is 8.87. The fourth-order valence-corrected chi connectivity index (χ4v) is 2.46. The van der Waals surface area contributed by atoms with E-state index in [9.17, 15) is 4.79 Å². The molecule has 0 aromatic heterocycles. The lowest BCUT2D eigenvalue weighted by molar-refractivity contribution is -0.117. The first-order chi connectivity index (χ1) is 5.20. The Labute approximate surface area is 71.1 Å². The van der Waals surface area contributed by atoms with E-state index in [0.29, 0.717) is 17.8 Å². The van der Waals surface area contributed by atoms with E-state index in [2.05, 4.69) is 12.2 Å². The molecule has 1 amide bonds. The van der Waals surface area contributed by atoms with Gasteiger partial charge in [0.1, 0.15) is 0 Å². The summed E-state index contributed by atoms with van der Waals surface area (Å²) < 4.78 is 0. The van der Waals surface area contributed by atoms with Crippen LogP contribution in [0.3, 0.4) is 0 Å². The SMILES string of the molecule is CC1SCCC1NCC(N)=O. The van der Waals surface area contributed by atoms with Gasteiger partial charge < -0.3 is 11.1 Å². The molecule has 1 aliphatic heterocycles. The quantitative estimate of drug-likeness (QED) is 0.631. The summed E-state index contributed by atoms with van der Waals surface area (Å²) in [6.45, 7) is 2.49. The van der Waals surface area contributed by atoms with Gasteiger partial charge in [-0.1, -0.05) is 6.92 Å². The Morgan fingerprint density at radius 2 is 2.55 bits per heavy atom. The maximum absolute atomic E-state index is 10.4. The summed E-state index contributed by atoms with van der Waals surface area (Å²) in [7, 11) is 0. The van der Waals surface area contributed by atoms with Crippen LogP contribution < -0.4 is 11.1 Å². The Bertz CT molecular complexity index is 151. The van der Waals surface area contributed by atoms with E-state index in [-0.39, 0.29) is 5.91 Å². The van der Waals surface area contributed by atoms with E-state index < -0.39 is 0 Å². The maximum atomic E-state index is 10.4. The molecule has 0 spiro atoms. The predicted octanol–water partition coefficient (Wildman–Crippen LogP) is -0.0447. The van der Waals surface area contributed by atoms with Crippen LogP contribution in [0, 0.1) is 0 Å². The molecular formula is C7H14N2OS. The van der Waals surface area contributed by atoms with Crippen LogP contribution in [-0.2, 0) is 4.79 Å². The molecule has 3 nitrogen and oxygen atoms in total. The monoisotopic (exact) mass is 174 g/mol. The van der Waals surface area contributed by atoms with Crippen LogP contribution in [0.25, 0.3) is 0 Å². The number of primary amides is 1. The Balaban J connectivity index is 2.20. The number of rotatable bonds is 3. The van der Waals surface area contributed by atoms with Crippen molar-refractivity contribution >= 4 is 17.7 Å². The van der Waals surface area contributed by atoms with Crippen LogP contribution in [0.15, 0.2) is 0 Å². The molecule has 1 aliphatic rings. The summed E-state index contributed by atoms with van der Waals surface area (Å²) in [6.07, 6.45) is 1.15. The number of amides is 1. The first-order valence-electron chi connectivity index (χ1n) is 3.83. The van der Waals surface area contributed by atoms with Gasteiger partial charge in [-0.3, -0.25) is 4.79 Å². The van der Waals surface area contributed by atoms with Crippen molar-refractivity contribution in [3.63, 3.8) is 0 Å². The van der Waals surface area contributed by atoms with Crippen LogP contribution in [0.1, 0.15) is 13.3 Å². The van der Waals surface area contributed by atoms with Gasteiger partial charge in [-0.25, -0.2) is 0 Å². The average Bonchev–Trinajstić information content (AvgIpc) is 2.31. The minimum atomic E-state index is -0.269. The number of nitrogens with two attached hydrogens (primary N) is 1. The molecule has 0 aliphatic carbocycles. The molecule has 2 atom stereocenters. The van der Waals surface area contributed by atoms with Crippen molar-refractivity contribution in [1.29, 1.82) is 0 Å². The van der Waals surface area contributed by atoms with Crippen molar-refractivity contribution < 1.29 is 4.79 Å². The molecule has 1 heterocycles. The summed E-state index contributed by atoms with van der Waals surface area (Å²) in [5, 5.41) is 3.76. The van der Waals surface area contributed by atoms with Gasteiger partial charge in [-0.15, -0.1) is 0 Å². The van der Waals surface area contributed by atoms with E-state index in [4.69, 9.17) is 5.73 Å². The van der Waals surface area contributed by atoms with E-state index >= 15 is 0 Å². The van der Waals surface area contributed by atoms with E-state index in [1.807, 2.05) is 11.8 Å². The van der Waals surface area contributed by atoms with Crippen molar-refractivity contribution in [2.45, 2.75) is 24.6 Å². The molecule has 64 valence electrons. The van der Waals surface area contributed by atoms with E-state index in [0.717, 1.165) is 6.42 Å². The Morgan fingerprint density at radius 1 is 1.82 bits per heavy atom. The Morgan fingerprint density at radius 3 is 3.00 bits per heavy atom. The van der Waals surface area contributed by atoms with Crippen LogP contribution in [-0.4, -0.2) is 29.5 Å². The largest absolute Gasteiger partial charge is 0.369 e. The molecule has 0 bridgehead atoms. The van der Waals surface area contributed by atoms with Crippen LogP contribution in [0.5, 0.6) is 0 Å². The minimum Gasteiger partial charge on any atom is -0.369 e. The highest BCUT2D eigenvalue weighted by Gasteiger charge is 2.23. The lowest BCUT2D eigenvalue weighted by Gasteiger charge is -2.14. The lowest BCUT2D eigenvalue weighted by Crippen LogP contribution is -2.39. The number of carbonyl (C=O) groups excluding carboxylic acids is 1. The fourth-order valence-electron chi connectivity index (χ4n) is 1.23. The summed E-state index contributed by atoms with van der Waals surface area (Å²) >= 11 is 1.94. The molecular weight excluding hydrogens is 160 g/mol. The fraction of sp³-hybridized carbons (Fsp3) is 0.857. The number of carbonyl (C=O) groups is 1. The van der Waals surface area contributed by atoms with Gasteiger partial charge in [-0.2, -0.15) is 11.8 Å². The average molecular weight is 174 g/mol. The zero-order valence-corrected chi connectivity index (χ0v) is 7.49. The molecule has 3 N–H and O–H groups in total. The van der Waals surface area contributed by atoms with Gasteiger partial charge in [0.15, 0.2) is 0 Å². The molecule has 1 saturated heterocycles. The third-order valence-electron chi connectivity index (χ3n) is 1.91. The zero-order valence-electron chi connectivity index (χ0n) is 6.67. The third-order valence-corrected chi connectivity index (χ3v) is 3.24. The van der Waals surface area contributed by atoms with Gasteiger partial charge in [0, 0.05) is 11.3 Å². The molecule has 0 radical (unpaired) electrons. The highest BCUT2D eigenvalue weighted by Crippen LogP contribution is 2.25. The summed E-state index contributed by atoms with van der Waals surface area (Å²) in [5.74, 6) is 0.923. The molecule has 0 saturated carbocycles. The summed E-state index contributed by atoms with van der Waals surface area (Å²) in [4.78, 5) is 10.4. The first-order valence-corrected chi connectivity index (χ1v) is 4.88. The van der Waals surface area contributed by atoms with E-state index in [1.165, 1.54) is 5.75 Å². The van der Waals surface area contributed by atoms with Crippen molar-refractivity contribution in [3.05, 3.63) is 0 Å². The Hall–Kier alpha value is -0.220. The van der Waals surface area contributed by atoms with Crippen LogP contribution in [0.4, 0.5) is 0 Å². The van der Waals surface area contributed by atoms with Gasteiger partial charge >= 0.3 is 0 Å². The van der Waals surface area contributed by atoms with Gasteiger partial charge in [-0.05, 0) is 12.2 Å². The van der Waals surface area contributed by atoms with Crippen LogP contribution in [0.2, 0.25) is 0 Å². The molecule has 4 heteroatoms. The second kappa shape index (κ2) is 3.97. The van der Waals surface area contributed by atoms with Crippen molar-refractivity contribution in [2.24, 2.45) is 5.73 Å². The third kappa shape index (κ3) is 2.71. The minimum absolute atomic E-state index is 0.269. The zero-order chi connectivity index (χ0) is 8.27. The molecule has 2 unspecified atom stereocenters. The van der Waals surface area contributed by atoms with Gasteiger partial charge in [0.2, 0.25) is 5.91 Å². The molecule has 11 heavy (non-hydrogen) atoms. The van der Waals surface area contributed by atoms with Crippen molar-refractivity contribution in [1.82, 2.24) is 5.32 Å². The van der Waals surface area contributed by atoms with Gasteiger partial charge in [0.25, 0.3) is 0 Å². The standard InChI is InChI=1S/C7H14N2OS/c1-5-6(2-3-11-5)9-4-7(8)10/h5-6,9H,2-4H2,1H3,(H2,8,10). The number of nitrogens with one attached hydrogen (secondary N) is 1. The summed E-state index contributed by atoms with van der Waals surface area (Å²) in [5.41, 5.74) is 5.01. The van der Waals surface area contributed by atoms with Crippen molar-refractivity contribution in [3.8, 4) is 0 Å². The van der Waals surface area contributed by atoms with E-state index in [1.54, 1.807) is 0 Å². The molecule has 0 aromatic rings. The van der Waals surface area contributed by atoms with Gasteiger partial charge in [0.05, 0.1) is 6.54 Å². The smallest absolute Gasteiger partial charge is 0.231 e. The topological polar surface area (TPSA) is 55.1 Å². The summed E-state index contributed by atoms with van der Waals surface area (Å²) in [6, 6.07) is 0.479. The molecule has 1 fully saturated rings. The second-order valence-electron chi connectivity index (χ2n) is 2.82. The highest BCUT2D eigenvalue weighted by atomic mass is 32.2. The highest BCUT2D eigenvalue weighted by molar-refractivity contribution is 8.00.